The Morgan fingerprint density at radius 3 is 2.57 bits per heavy atom. The summed E-state index contributed by atoms with van der Waals surface area (Å²) in [5.74, 6) is 0.207. The Balaban J connectivity index is 1.79. The minimum absolute atomic E-state index is 0.135. The number of benzene rings is 2. The molecule has 1 heterocycles. The number of nitrogens with zero attached hydrogens (tertiary/aromatic N) is 3. The van der Waals surface area contributed by atoms with E-state index in [0.717, 1.165) is 16.0 Å². The Kier molecular flexibility index (Phi) is 6.21. The van der Waals surface area contributed by atoms with E-state index in [2.05, 4.69) is 10.4 Å². The van der Waals surface area contributed by atoms with Crippen LogP contribution in [0.4, 0.5) is 11.4 Å². The number of carbonyl (C=O) groups is 1. The number of nitro benzene ring substituents is 1. The topological polar surface area (TPSA) is 116 Å². The number of hydrogen-bond donors (Lipinski definition) is 1. The largest absolute Gasteiger partial charge is 0.494 e. The minimum Gasteiger partial charge on any atom is -0.494 e. The van der Waals surface area contributed by atoms with Crippen molar-refractivity contribution in [2.24, 2.45) is 0 Å². The van der Waals surface area contributed by atoms with Gasteiger partial charge in [0.2, 0.25) is 5.91 Å². The fourth-order valence-corrected chi connectivity index (χ4v) is 2.79. The van der Waals surface area contributed by atoms with Crippen molar-refractivity contribution in [3.05, 3.63) is 80.6 Å². The second kappa shape index (κ2) is 8.99. The fraction of sp³-hybridized carbons (Fsp3) is 0.190. The van der Waals surface area contributed by atoms with Gasteiger partial charge in [-0.3, -0.25) is 19.7 Å². The quantitative estimate of drug-likeness (QED) is 0.474. The van der Waals surface area contributed by atoms with Crippen molar-refractivity contribution < 1.29 is 14.5 Å². The third kappa shape index (κ3) is 4.88. The van der Waals surface area contributed by atoms with E-state index in [0.29, 0.717) is 23.6 Å². The zero-order chi connectivity index (χ0) is 21.7. The monoisotopic (exact) mass is 408 g/mol. The first-order valence-corrected chi connectivity index (χ1v) is 9.23. The number of carbonyl (C=O) groups excluding carboxylic acids is 1. The molecule has 9 heteroatoms. The van der Waals surface area contributed by atoms with Gasteiger partial charge in [0, 0.05) is 23.8 Å². The van der Waals surface area contributed by atoms with E-state index in [1.54, 1.807) is 31.2 Å². The number of non-ortho nitro benzene ring substituents is 1. The van der Waals surface area contributed by atoms with Crippen molar-refractivity contribution in [3.63, 3.8) is 0 Å². The van der Waals surface area contributed by atoms with Crippen LogP contribution in [0.2, 0.25) is 0 Å². The Hall–Kier alpha value is -4.01. The third-order valence-electron chi connectivity index (χ3n) is 4.33. The number of nitrogens with one attached hydrogen (secondary N) is 1. The van der Waals surface area contributed by atoms with E-state index in [-0.39, 0.29) is 12.2 Å². The molecule has 0 unspecified atom stereocenters. The van der Waals surface area contributed by atoms with Gasteiger partial charge in [-0.25, -0.2) is 4.68 Å². The fourth-order valence-electron chi connectivity index (χ4n) is 2.79. The molecule has 0 aliphatic carbocycles. The van der Waals surface area contributed by atoms with E-state index in [1.807, 2.05) is 19.1 Å². The number of aromatic nitrogens is 2. The SMILES string of the molecule is CCOc1ccc(-c2ccc(=O)n(CC(=O)Nc3cc([N+](=O)[O-])ccc3C)n2)cc1. The summed E-state index contributed by atoms with van der Waals surface area (Å²) in [7, 11) is 0. The lowest BCUT2D eigenvalue weighted by atomic mass is 10.1. The molecule has 2 aromatic carbocycles. The summed E-state index contributed by atoms with van der Waals surface area (Å²) in [5, 5.41) is 17.8. The van der Waals surface area contributed by atoms with Crippen LogP contribution in [-0.4, -0.2) is 27.2 Å². The van der Waals surface area contributed by atoms with Crippen LogP contribution in [-0.2, 0) is 11.3 Å². The maximum atomic E-state index is 12.4. The second-order valence-corrected chi connectivity index (χ2v) is 6.48. The van der Waals surface area contributed by atoms with Crippen LogP contribution in [0.3, 0.4) is 0 Å². The lowest BCUT2D eigenvalue weighted by Gasteiger charge is -2.10. The Bertz CT molecular complexity index is 1140. The average molecular weight is 408 g/mol. The number of rotatable bonds is 7. The molecule has 154 valence electrons. The van der Waals surface area contributed by atoms with E-state index in [1.165, 1.54) is 18.2 Å². The van der Waals surface area contributed by atoms with Gasteiger partial charge in [-0.1, -0.05) is 6.07 Å². The number of anilines is 1. The normalized spacial score (nSPS) is 10.5. The predicted molar refractivity (Wildman–Crippen MR) is 112 cm³/mol. The molecule has 0 aliphatic heterocycles. The molecule has 0 fully saturated rings. The molecule has 0 saturated heterocycles. The van der Waals surface area contributed by atoms with Crippen LogP contribution in [0, 0.1) is 17.0 Å². The van der Waals surface area contributed by atoms with Gasteiger partial charge in [-0.15, -0.1) is 0 Å². The Morgan fingerprint density at radius 2 is 1.90 bits per heavy atom. The van der Waals surface area contributed by atoms with Crippen molar-refractivity contribution in [1.29, 1.82) is 0 Å². The summed E-state index contributed by atoms with van der Waals surface area (Å²) in [6.45, 7) is 3.84. The molecule has 3 rings (SSSR count). The van der Waals surface area contributed by atoms with E-state index in [4.69, 9.17) is 4.74 Å². The van der Waals surface area contributed by atoms with Gasteiger partial charge >= 0.3 is 0 Å². The highest BCUT2D eigenvalue weighted by Crippen LogP contribution is 2.22. The zero-order valence-corrected chi connectivity index (χ0v) is 16.5. The van der Waals surface area contributed by atoms with Gasteiger partial charge < -0.3 is 10.1 Å². The lowest BCUT2D eigenvalue weighted by Crippen LogP contribution is -2.29. The summed E-state index contributed by atoms with van der Waals surface area (Å²) < 4.78 is 6.46. The molecule has 0 aliphatic rings. The van der Waals surface area contributed by atoms with Crippen molar-refractivity contribution >= 4 is 17.3 Å². The maximum Gasteiger partial charge on any atom is 0.271 e. The number of ether oxygens (including phenoxy) is 1. The van der Waals surface area contributed by atoms with E-state index >= 15 is 0 Å². The molecule has 0 bridgehead atoms. The van der Waals surface area contributed by atoms with Crippen molar-refractivity contribution in [3.8, 4) is 17.0 Å². The number of aryl methyl sites for hydroxylation is 1. The molecular weight excluding hydrogens is 388 g/mol. The summed E-state index contributed by atoms with van der Waals surface area (Å²) in [6.07, 6.45) is 0. The minimum atomic E-state index is -0.540. The van der Waals surface area contributed by atoms with Crippen LogP contribution < -0.4 is 15.6 Å². The van der Waals surface area contributed by atoms with Gasteiger partial charge in [0.05, 0.1) is 22.9 Å². The van der Waals surface area contributed by atoms with Crippen LogP contribution in [0.15, 0.2) is 59.4 Å². The van der Waals surface area contributed by atoms with Gasteiger partial charge in [0.25, 0.3) is 11.2 Å². The van der Waals surface area contributed by atoms with E-state index < -0.39 is 16.4 Å². The molecule has 0 saturated carbocycles. The Labute approximate surface area is 172 Å². The highest BCUT2D eigenvalue weighted by atomic mass is 16.6. The maximum absolute atomic E-state index is 12.4. The van der Waals surface area contributed by atoms with E-state index in [9.17, 15) is 19.7 Å². The lowest BCUT2D eigenvalue weighted by molar-refractivity contribution is -0.384. The molecule has 0 spiro atoms. The highest BCUT2D eigenvalue weighted by molar-refractivity contribution is 5.91. The smallest absolute Gasteiger partial charge is 0.271 e. The first-order valence-electron chi connectivity index (χ1n) is 9.23. The number of amides is 1. The highest BCUT2D eigenvalue weighted by Gasteiger charge is 2.13. The molecule has 1 aromatic heterocycles. The second-order valence-electron chi connectivity index (χ2n) is 6.48. The summed E-state index contributed by atoms with van der Waals surface area (Å²) in [6, 6.07) is 14.3. The molecule has 0 atom stereocenters. The zero-order valence-electron chi connectivity index (χ0n) is 16.5. The molecule has 3 aromatic rings. The molecule has 9 nitrogen and oxygen atoms in total. The van der Waals surface area contributed by atoms with Crippen molar-refractivity contribution in [2.75, 3.05) is 11.9 Å². The van der Waals surface area contributed by atoms with Crippen molar-refractivity contribution in [1.82, 2.24) is 9.78 Å². The number of hydrogen-bond acceptors (Lipinski definition) is 6. The van der Waals surface area contributed by atoms with Crippen LogP contribution >= 0.6 is 0 Å². The number of nitro groups is 1. The molecule has 1 amide bonds. The van der Waals surface area contributed by atoms with Crippen LogP contribution in [0.25, 0.3) is 11.3 Å². The molecule has 1 N–H and O–H groups in total. The predicted octanol–water partition coefficient (Wildman–Crippen LogP) is 3.16. The first-order chi connectivity index (χ1) is 14.4. The van der Waals surface area contributed by atoms with Gasteiger partial charge in [0.15, 0.2) is 0 Å². The molecular formula is C21H20N4O5. The van der Waals surface area contributed by atoms with Gasteiger partial charge in [0.1, 0.15) is 12.3 Å². The van der Waals surface area contributed by atoms with Crippen LogP contribution in [0.1, 0.15) is 12.5 Å². The third-order valence-corrected chi connectivity index (χ3v) is 4.33. The van der Waals surface area contributed by atoms with Crippen LogP contribution in [0.5, 0.6) is 5.75 Å². The summed E-state index contributed by atoms with van der Waals surface area (Å²) in [4.78, 5) is 35.0. The summed E-state index contributed by atoms with van der Waals surface area (Å²) in [5.41, 5.74) is 1.70. The molecule has 0 radical (unpaired) electrons. The average Bonchev–Trinajstić information content (AvgIpc) is 2.72. The van der Waals surface area contributed by atoms with Crippen molar-refractivity contribution in [2.45, 2.75) is 20.4 Å². The standard InChI is InChI=1S/C21H20N4O5/c1-3-30-17-8-5-15(6-9-17)18-10-11-21(27)24(23-18)13-20(26)22-19-12-16(25(28)29)7-4-14(19)2/h4-12H,3,13H2,1-2H3,(H,22,26). The van der Waals surface area contributed by atoms with Gasteiger partial charge in [-0.2, -0.15) is 5.10 Å². The van der Waals surface area contributed by atoms with Gasteiger partial charge in [-0.05, 0) is 49.7 Å². The molecule has 30 heavy (non-hydrogen) atoms. The first kappa shape index (κ1) is 20.7. The summed E-state index contributed by atoms with van der Waals surface area (Å²) >= 11 is 0. The Morgan fingerprint density at radius 1 is 1.17 bits per heavy atom.